The molecule has 0 saturated carbocycles. The van der Waals surface area contributed by atoms with Gasteiger partial charge in [-0.3, -0.25) is 0 Å². The highest BCUT2D eigenvalue weighted by molar-refractivity contribution is 5.80. The highest BCUT2D eigenvalue weighted by atomic mass is 19.4. The lowest BCUT2D eigenvalue weighted by Gasteiger charge is -2.11. The molecule has 0 radical (unpaired) electrons. The molecule has 1 aromatic heterocycles. The van der Waals surface area contributed by atoms with Gasteiger partial charge in [0, 0.05) is 17.6 Å². The topological polar surface area (TPSA) is 15.8 Å². The number of hydrogen-bond acceptors (Lipinski definition) is 0. The number of alkyl halides is 3. The molecule has 0 aliphatic carbocycles. The van der Waals surface area contributed by atoms with Crippen LogP contribution in [-0.4, -0.2) is 4.98 Å². The quantitative estimate of drug-likeness (QED) is 0.693. The molecule has 0 fully saturated rings. The van der Waals surface area contributed by atoms with Gasteiger partial charge in [0.1, 0.15) is 0 Å². The monoisotopic (exact) mass is 275 g/mol. The second kappa shape index (κ2) is 4.71. The van der Waals surface area contributed by atoms with Crippen molar-refractivity contribution in [2.75, 3.05) is 0 Å². The number of hydrogen-bond donors (Lipinski definition) is 1. The fraction of sp³-hybridized carbons (Fsp3) is 0.125. The van der Waals surface area contributed by atoms with E-state index >= 15 is 0 Å². The van der Waals surface area contributed by atoms with Crippen LogP contribution in [0.25, 0.3) is 10.9 Å². The molecular weight excluding hydrogens is 263 g/mol. The van der Waals surface area contributed by atoms with Gasteiger partial charge < -0.3 is 4.98 Å². The Morgan fingerprint density at radius 2 is 1.60 bits per heavy atom. The van der Waals surface area contributed by atoms with E-state index in [2.05, 4.69) is 4.98 Å². The van der Waals surface area contributed by atoms with Crippen molar-refractivity contribution in [1.29, 1.82) is 0 Å². The van der Waals surface area contributed by atoms with Gasteiger partial charge in [0.15, 0.2) is 0 Å². The standard InChI is InChI=1S/C16H12F3N/c17-16(18,19)14-7-3-1-5-11(14)9-13-10-12-6-2-4-8-15(12)20-13/h1-8,10,20H,9H2. The maximum atomic E-state index is 12.9. The van der Waals surface area contributed by atoms with Gasteiger partial charge in [0.2, 0.25) is 0 Å². The summed E-state index contributed by atoms with van der Waals surface area (Å²) in [5.74, 6) is 0. The van der Waals surface area contributed by atoms with Crippen molar-refractivity contribution >= 4 is 10.9 Å². The molecule has 4 heteroatoms. The average molecular weight is 275 g/mol. The molecule has 0 bridgehead atoms. The van der Waals surface area contributed by atoms with Crippen LogP contribution in [0.3, 0.4) is 0 Å². The van der Waals surface area contributed by atoms with Crippen LogP contribution >= 0.6 is 0 Å². The Balaban J connectivity index is 1.99. The number of para-hydroxylation sites is 1. The van der Waals surface area contributed by atoms with Crippen LogP contribution in [0, 0.1) is 0 Å². The highest BCUT2D eigenvalue weighted by Crippen LogP contribution is 2.33. The van der Waals surface area contributed by atoms with E-state index in [1.165, 1.54) is 12.1 Å². The Kier molecular flexibility index (Phi) is 3.01. The molecular formula is C16H12F3N. The summed E-state index contributed by atoms with van der Waals surface area (Å²) >= 11 is 0. The third-order valence-electron chi connectivity index (χ3n) is 3.29. The number of fused-ring (bicyclic) bond motifs is 1. The summed E-state index contributed by atoms with van der Waals surface area (Å²) in [7, 11) is 0. The van der Waals surface area contributed by atoms with Crippen molar-refractivity contribution in [2.45, 2.75) is 12.6 Å². The van der Waals surface area contributed by atoms with Crippen molar-refractivity contribution in [3.8, 4) is 0 Å². The number of aromatic amines is 1. The van der Waals surface area contributed by atoms with Gasteiger partial charge in [0.25, 0.3) is 0 Å². The van der Waals surface area contributed by atoms with Crippen LogP contribution in [0.15, 0.2) is 54.6 Å². The van der Waals surface area contributed by atoms with Crippen LogP contribution in [-0.2, 0) is 12.6 Å². The van der Waals surface area contributed by atoms with E-state index in [4.69, 9.17) is 0 Å². The molecule has 0 atom stereocenters. The summed E-state index contributed by atoms with van der Waals surface area (Å²) in [5, 5.41) is 1.01. The normalized spacial score (nSPS) is 11.9. The Labute approximate surface area is 114 Å². The maximum absolute atomic E-state index is 12.9. The summed E-state index contributed by atoms with van der Waals surface area (Å²) in [4.78, 5) is 3.16. The molecule has 102 valence electrons. The molecule has 1 heterocycles. The van der Waals surface area contributed by atoms with Crippen LogP contribution in [0.5, 0.6) is 0 Å². The minimum Gasteiger partial charge on any atom is -0.358 e. The molecule has 0 unspecified atom stereocenters. The van der Waals surface area contributed by atoms with Crippen LogP contribution in [0.1, 0.15) is 16.8 Å². The minimum absolute atomic E-state index is 0.240. The summed E-state index contributed by atoms with van der Waals surface area (Å²) in [6.45, 7) is 0. The third-order valence-corrected chi connectivity index (χ3v) is 3.29. The molecule has 3 rings (SSSR count). The summed E-state index contributed by atoms with van der Waals surface area (Å²) in [5.41, 5.74) is 1.43. The van der Waals surface area contributed by atoms with Crippen LogP contribution < -0.4 is 0 Å². The number of aromatic nitrogens is 1. The smallest absolute Gasteiger partial charge is 0.358 e. The van der Waals surface area contributed by atoms with Crippen LogP contribution in [0.4, 0.5) is 13.2 Å². The Bertz CT molecular complexity index is 708. The zero-order valence-electron chi connectivity index (χ0n) is 10.5. The van der Waals surface area contributed by atoms with Gasteiger partial charge in [-0.25, -0.2) is 0 Å². The molecule has 0 amide bonds. The van der Waals surface area contributed by atoms with Gasteiger partial charge in [-0.2, -0.15) is 13.2 Å². The van der Waals surface area contributed by atoms with Crippen molar-refractivity contribution in [2.24, 2.45) is 0 Å². The second-order valence-corrected chi connectivity index (χ2v) is 4.71. The van der Waals surface area contributed by atoms with E-state index in [0.29, 0.717) is 0 Å². The Morgan fingerprint density at radius 1 is 0.900 bits per heavy atom. The lowest BCUT2D eigenvalue weighted by Crippen LogP contribution is -2.09. The Hall–Kier alpha value is -2.23. The van der Waals surface area contributed by atoms with Gasteiger partial charge in [-0.05, 0) is 29.1 Å². The van der Waals surface area contributed by atoms with Crippen molar-refractivity contribution in [1.82, 2.24) is 4.98 Å². The van der Waals surface area contributed by atoms with Crippen LogP contribution in [0.2, 0.25) is 0 Å². The first kappa shape index (κ1) is 12.8. The SMILES string of the molecule is FC(F)(F)c1ccccc1Cc1cc2ccccc2[nH]1. The molecule has 20 heavy (non-hydrogen) atoms. The maximum Gasteiger partial charge on any atom is 0.416 e. The molecule has 3 aromatic rings. The van der Waals surface area contributed by atoms with Crippen molar-refractivity contribution < 1.29 is 13.2 Å². The number of rotatable bonds is 2. The fourth-order valence-electron chi connectivity index (χ4n) is 2.38. The van der Waals surface area contributed by atoms with Crippen molar-refractivity contribution in [3.05, 3.63) is 71.4 Å². The van der Waals surface area contributed by atoms with Gasteiger partial charge in [0.05, 0.1) is 5.56 Å². The molecule has 0 saturated heterocycles. The number of H-pyrrole nitrogens is 1. The van der Waals surface area contributed by atoms with E-state index in [9.17, 15) is 13.2 Å². The molecule has 1 nitrogen and oxygen atoms in total. The molecule has 0 aliphatic heterocycles. The minimum atomic E-state index is -4.32. The van der Waals surface area contributed by atoms with Gasteiger partial charge in [-0.15, -0.1) is 0 Å². The third kappa shape index (κ3) is 2.41. The number of nitrogens with one attached hydrogen (secondary N) is 1. The Morgan fingerprint density at radius 3 is 2.35 bits per heavy atom. The zero-order chi connectivity index (χ0) is 14.2. The molecule has 0 spiro atoms. The summed E-state index contributed by atoms with van der Waals surface area (Å²) < 4.78 is 38.8. The molecule has 1 N–H and O–H groups in total. The van der Waals surface area contributed by atoms with E-state index in [0.717, 1.165) is 22.7 Å². The largest absolute Gasteiger partial charge is 0.416 e. The van der Waals surface area contributed by atoms with Crippen molar-refractivity contribution in [3.63, 3.8) is 0 Å². The molecule has 0 aliphatic rings. The lowest BCUT2D eigenvalue weighted by atomic mass is 10.0. The lowest BCUT2D eigenvalue weighted by molar-refractivity contribution is -0.138. The van der Waals surface area contributed by atoms with Gasteiger partial charge in [-0.1, -0.05) is 36.4 Å². The highest BCUT2D eigenvalue weighted by Gasteiger charge is 2.32. The fourth-order valence-corrected chi connectivity index (χ4v) is 2.38. The van der Waals surface area contributed by atoms with E-state index < -0.39 is 11.7 Å². The number of halogens is 3. The second-order valence-electron chi connectivity index (χ2n) is 4.71. The van der Waals surface area contributed by atoms with Gasteiger partial charge >= 0.3 is 6.18 Å². The van der Waals surface area contributed by atoms with E-state index in [-0.39, 0.29) is 12.0 Å². The summed E-state index contributed by atoms with van der Waals surface area (Å²) in [6, 6.07) is 15.2. The average Bonchev–Trinajstić information content (AvgIpc) is 2.80. The van der Waals surface area contributed by atoms with E-state index in [1.807, 2.05) is 30.3 Å². The van der Waals surface area contributed by atoms with E-state index in [1.54, 1.807) is 6.07 Å². The predicted molar refractivity (Wildman–Crippen MR) is 72.5 cm³/mol. The first-order valence-corrected chi connectivity index (χ1v) is 6.26. The first-order valence-electron chi connectivity index (χ1n) is 6.26. The zero-order valence-corrected chi connectivity index (χ0v) is 10.5. The molecule has 2 aromatic carbocycles. The number of benzene rings is 2. The predicted octanol–water partition coefficient (Wildman–Crippen LogP) is 4.78. The summed E-state index contributed by atoms with van der Waals surface area (Å²) in [6.07, 6.45) is -4.08. The first-order chi connectivity index (χ1) is 9.54.